The highest BCUT2D eigenvalue weighted by atomic mass is 35.5. The van der Waals surface area contributed by atoms with E-state index in [4.69, 9.17) is 16.3 Å². The summed E-state index contributed by atoms with van der Waals surface area (Å²) in [6, 6.07) is 12.5. The third kappa shape index (κ3) is 3.26. The van der Waals surface area contributed by atoms with Gasteiger partial charge in [-0.05, 0) is 24.5 Å². The predicted molar refractivity (Wildman–Crippen MR) is 81.0 cm³/mol. The lowest BCUT2D eigenvalue weighted by Crippen LogP contribution is -2.05. The minimum absolute atomic E-state index is 0.187. The first kappa shape index (κ1) is 14.8. The Balaban J connectivity index is 2.26. The van der Waals surface area contributed by atoms with Crippen molar-refractivity contribution in [3.63, 3.8) is 0 Å². The van der Waals surface area contributed by atoms with Gasteiger partial charge in [0.1, 0.15) is 17.9 Å². The van der Waals surface area contributed by atoms with E-state index in [0.29, 0.717) is 15.7 Å². The van der Waals surface area contributed by atoms with Crippen LogP contribution in [0.5, 0.6) is 5.75 Å². The molecule has 104 valence electrons. The topological polar surface area (TPSA) is 46.5 Å². The molecule has 0 bridgehead atoms. The Morgan fingerprint density at radius 1 is 1.25 bits per heavy atom. The van der Waals surface area contributed by atoms with Gasteiger partial charge in [-0.1, -0.05) is 35.9 Å². The Hall–Kier alpha value is -1.65. The van der Waals surface area contributed by atoms with Gasteiger partial charge in [0.05, 0.1) is 0 Å². The number of hydrogen-bond donors (Lipinski definition) is 1. The molecule has 20 heavy (non-hydrogen) atoms. The zero-order valence-electron chi connectivity index (χ0n) is 10.8. The number of halogens is 1. The molecule has 0 aromatic heterocycles. The second kappa shape index (κ2) is 6.68. The zero-order valence-corrected chi connectivity index (χ0v) is 12.4. The van der Waals surface area contributed by atoms with E-state index in [9.17, 15) is 9.90 Å². The second-order valence-electron chi connectivity index (χ2n) is 4.02. The summed E-state index contributed by atoms with van der Waals surface area (Å²) >= 11 is 7.43. The molecule has 2 aromatic carbocycles. The number of rotatable bonds is 5. The summed E-state index contributed by atoms with van der Waals surface area (Å²) in [6.45, 7) is 0.234. The lowest BCUT2D eigenvalue weighted by atomic mass is 10.2. The van der Waals surface area contributed by atoms with Crippen LogP contribution in [0.2, 0.25) is 5.02 Å². The van der Waals surface area contributed by atoms with Crippen LogP contribution in [0.3, 0.4) is 0 Å². The van der Waals surface area contributed by atoms with E-state index < -0.39 is 5.97 Å². The van der Waals surface area contributed by atoms with Gasteiger partial charge >= 0.3 is 5.97 Å². The molecular weight excluding hydrogens is 296 g/mol. The fourth-order valence-corrected chi connectivity index (χ4v) is 2.58. The summed E-state index contributed by atoms with van der Waals surface area (Å²) in [7, 11) is 0. The van der Waals surface area contributed by atoms with Gasteiger partial charge in [-0.15, -0.1) is 11.8 Å². The van der Waals surface area contributed by atoms with E-state index in [1.807, 2.05) is 24.5 Å². The van der Waals surface area contributed by atoms with Crippen LogP contribution in [0.1, 0.15) is 15.9 Å². The number of carboxylic acids is 1. The molecule has 2 aromatic rings. The van der Waals surface area contributed by atoms with Gasteiger partial charge in [0, 0.05) is 15.5 Å². The van der Waals surface area contributed by atoms with Crippen molar-refractivity contribution in [3.05, 3.63) is 58.6 Å². The number of aromatic carboxylic acids is 1. The van der Waals surface area contributed by atoms with E-state index >= 15 is 0 Å². The molecule has 0 aliphatic carbocycles. The average molecular weight is 309 g/mol. The van der Waals surface area contributed by atoms with Crippen LogP contribution in [-0.4, -0.2) is 17.3 Å². The van der Waals surface area contributed by atoms with E-state index in [1.54, 1.807) is 24.3 Å². The Bertz CT molecular complexity index is 628. The standard InChI is InChI=1S/C15H13ClO3S/c1-20-13-8-4-7-12(14(13)15(17)18)19-9-10-5-2-3-6-11(10)16/h2-8H,9H2,1H3,(H,17,18). The van der Waals surface area contributed by atoms with Crippen molar-refractivity contribution in [2.24, 2.45) is 0 Å². The molecule has 0 heterocycles. The van der Waals surface area contributed by atoms with E-state index in [1.165, 1.54) is 11.8 Å². The lowest BCUT2D eigenvalue weighted by molar-refractivity contribution is 0.0687. The summed E-state index contributed by atoms with van der Waals surface area (Å²) < 4.78 is 5.63. The van der Waals surface area contributed by atoms with Crippen LogP contribution in [0.15, 0.2) is 47.4 Å². The first-order valence-electron chi connectivity index (χ1n) is 5.90. The summed E-state index contributed by atoms with van der Waals surface area (Å²) in [5.74, 6) is -0.645. The molecule has 0 atom stereocenters. The van der Waals surface area contributed by atoms with Crippen molar-refractivity contribution >= 4 is 29.3 Å². The number of carboxylic acid groups (broad SMARTS) is 1. The Labute approximate surface area is 126 Å². The summed E-state index contributed by atoms with van der Waals surface area (Å²) in [5, 5.41) is 9.91. The highest BCUT2D eigenvalue weighted by Gasteiger charge is 2.16. The first-order valence-corrected chi connectivity index (χ1v) is 7.50. The van der Waals surface area contributed by atoms with Gasteiger partial charge in [0.25, 0.3) is 0 Å². The SMILES string of the molecule is CSc1cccc(OCc2ccccc2Cl)c1C(=O)O. The molecule has 1 N–H and O–H groups in total. The molecule has 0 amide bonds. The van der Waals surface area contributed by atoms with Crippen LogP contribution < -0.4 is 4.74 Å². The van der Waals surface area contributed by atoms with Crippen LogP contribution in [0.4, 0.5) is 0 Å². The summed E-state index contributed by atoms with van der Waals surface area (Å²) in [4.78, 5) is 12.0. The summed E-state index contributed by atoms with van der Waals surface area (Å²) in [6.07, 6.45) is 1.83. The van der Waals surface area contributed by atoms with Crippen molar-refractivity contribution in [1.29, 1.82) is 0 Å². The molecule has 3 nitrogen and oxygen atoms in total. The van der Waals surface area contributed by atoms with Crippen molar-refractivity contribution in [2.45, 2.75) is 11.5 Å². The van der Waals surface area contributed by atoms with Crippen molar-refractivity contribution < 1.29 is 14.6 Å². The van der Waals surface area contributed by atoms with E-state index in [0.717, 1.165) is 5.56 Å². The third-order valence-corrected chi connectivity index (χ3v) is 3.91. The summed E-state index contributed by atoms with van der Waals surface area (Å²) in [5.41, 5.74) is 1.01. The minimum Gasteiger partial charge on any atom is -0.488 e. The predicted octanol–water partition coefficient (Wildman–Crippen LogP) is 4.34. The van der Waals surface area contributed by atoms with Gasteiger partial charge in [0.2, 0.25) is 0 Å². The zero-order chi connectivity index (χ0) is 14.5. The molecule has 0 aliphatic heterocycles. The Morgan fingerprint density at radius 3 is 2.65 bits per heavy atom. The van der Waals surface area contributed by atoms with Crippen LogP contribution in [-0.2, 0) is 6.61 Å². The fraction of sp³-hybridized carbons (Fsp3) is 0.133. The molecule has 0 fully saturated rings. The average Bonchev–Trinajstić information content (AvgIpc) is 2.45. The van der Waals surface area contributed by atoms with E-state index in [-0.39, 0.29) is 12.2 Å². The molecule has 0 aliphatic rings. The molecule has 5 heteroatoms. The number of thioether (sulfide) groups is 1. The van der Waals surface area contributed by atoms with Gasteiger partial charge in [-0.2, -0.15) is 0 Å². The molecule has 0 radical (unpaired) electrons. The van der Waals surface area contributed by atoms with Crippen molar-refractivity contribution in [3.8, 4) is 5.75 Å². The first-order chi connectivity index (χ1) is 9.63. The minimum atomic E-state index is -0.996. The molecule has 0 unspecified atom stereocenters. The molecule has 2 rings (SSSR count). The Morgan fingerprint density at radius 2 is 2.00 bits per heavy atom. The fourth-order valence-electron chi connectivity index (χ4n) is 1.78. The smallest absolute Gasteiger partial charge is 0.340 e. The highest BCUT2D eigenvalue weighted by molar-refractivity contribution is 7.98. The van der Waals surface area contributed by atoms with Gasteiger partial charge in [-0.3, -0.25) is 0 Å². The molecule has 0 spiro atoms. The molecule has 0 saturated heterocycles. The molecule has 0 saturated carbocycles. The second-order valence-corrected chi connectivity index (χ2v) is 5.27. The molecular formula is C15H13ClO3S. The van der Waals surface area contributed by atoms with Crippen molar-refractivity contribution in [2.75, 3.05) is 6.26 Å². The lowest BCUT2D eigenvalue weighted by Gasteiger charge is -2.12. The Kier molecular flexibility index (Phi) is 4.93. The van der Waals surface area contributed by atoms with E-state index in [2.05, 4.69) is 0 Å². The number of carbonyl (C=O) groups is 1. The maximum Gasteiger partial charge on any atom is 0.340 e. The third-order valence-electron chi connectivity index (χ3n) is 2.76. The van der Waals surface area contributed by atoms with Gasteiger partial charge < -0.3 is 9.84 Å². The number of benzene rings is 2. The maximum absolute atomic E-state index is 11.4. The van der Waals surface area contributed by atoms with Crippen LogP contribution in [0.25, 0.3) is 0 Å². The van der Waals surface area contributed by atoms with Gasteiger partial charge in [-0.25, -0.2) is 4.79 Å². The van der Waals surface area contributed by atoms with Crippen LogP contribution >= 0.6 is 23.4 Å². The number of hydrogen-bond acceptors (Lipinski definition) is 3. The van der Waals surface area contributed by atoms with Crippen molar-refractivity contribution in [1.82, 2.24) is 0 Å². The van der Waals surface area contributed by atoms with Gasteiger partial charge in [0.15, 0.2) is 0 Å². The monoisotopic (exact) mass is 308 g/mol. The number of ether oxygens (including phenoxy) is 1. The van der Waals surface area contributed by atoms with Crippen LogP contribution in [0, 0.1) is 0 Å². The quantitative estimate of drug-likeness (QED) is 0.835. The normalized spacial score (nSPS) is 10.3. The highest BCUT2D eigenvalue weighted by Crippen LogP contribution is 2.29. The largest absolute Gasteiger partial charge is 0.488 e. The maximum atomic E-state index is 11.4.